The fourth-order valence-electron chi connectivity index (χ4n) is 2.60. The molecule has 0 radical (unpaired) electrons. The summed E-state index contributed by atoms with van der Waals surface area (Å²) in [5.74, 6) is 0.433. The number of hydrogen-bond acceptors (Lipinski definition) is 3. The smallest absolute Gasteiger partial charge is 0.289 e. The van der Waals surface area contributed by atoms with Gasteiger partial charge in [0.2, 0.25) is 0 Å². The first-order valence-electron chi connectivity index (χ1n) is 6.67. The van der Waals surface area contributed by atoms with Crippen LogP contribution in [0.4, 0.5) is 0 Å². The molecule has 1 aromatic carbocycles. The quantitative estimate of drug-likeness (QED) is 0.852. The predicted octanol–water partition coefficient (Wildman–Crippen LogP) is 2.18. The maximum absolute atomic E-state index is 12.5. The van der Waals surface area contributed by atoms with E-state index in [-0.39, 0.29) is 11.9 Å². The lowest BCUT2D eigenvalue weighted by Crippen LogP contribution is -2.52. The number of amides is 1. The number of para-hydroxylation sites is 1. The summed E-state index contributed by atoms with van der Waals surface area (Å²) in [6.07, 6.45) is 0. The molecule has 4 nitrogen and oxygen atoms in total. The van der Waals surface area contributed by atoms with E-state index in [0.29, 0.717) is 5.76 Å². The minimum absolute atomic E-state index is 0.00963. The number of carbonyl (C=O) groups is 1. The van der Waals surface area contributed by atoms with Crippen molar-refractivity contribution in [3.05, 3.63) is 35.6 Å². The first kappa shape index (κ1) is 12.2. The van der Waals surface area contributed by atoms with Crippen LogP contribution in [0.3, 0.4) is 0 Å². The molecule has 1 amide bonds. The minimum atomic E-state index is -0.00963. The number of nitrogens with one attached hydrogen (secondary N) is 1. The van der Waals surface area contributed by atoms with Crippen molar-refractivity contribution in [2.45, 2.75) is 19.9 Å². The Morgan fingerprint density at radius 1 is 1.47 bits per heavy atom. The monoisotopic (exact) mass is 258 g/mol. The molecule has 1 N–H and O–H groups in total. The highest BCUT2D eigenvalue weighted by Crippen LogP contribution is 2.24. The van der Waals surface area contributed by atoms with Crippen LogP contribution in [0, 0.1) is 6.92 Å². The SMILES string of the molecule is Cc1cccc2cc(C(=O)N3CCNC[C@H]3C)oc12. The summed E-state index contributed by atoms with van der Waals surface area (Å²) in [7, 11) is 0. The molecule has 19 heavy (non-hydrogen) atoms. The highest BCUT2D eigenvalue weighted by atomic mass is 16.3. The highest BCUT2D eigenvalue weighted by Gasteiger charge is 2.26. The van der Waals surface area contributed by atoms with Crippen molar-refractivity contribution in [3.8, 4) is 0 Å². The summed E-state index contributed by atoms with van der Waals surface area (Å²) in [4.78, 5) is 14.4. The fourth-order valence-corrected chi connectivity index (χ4v) is 2.60. The van der Waals surface area contributed by atoms with Gasteiger partial charge < -0.3 is 14.6 Å². The summed E-state index contributed by atoms with van der Waals surface area (Å²) in [6, 6.07) is 8.00. The first-order chi connectivity index (χ1) is 9.16. The van der Waals surface area contributed by atoms with Crippen molar-refractivity contribution in [1.82, 2.24) is 10.2 Å². The van der Waals surface area contributed by atoms with Crippen molar-refractivity contribution in [1.29, 1.82) is 0 Å². The molecule has 0 saturated carbocycles. The Kier molecular flexibility index (Phi) is 3.03. The van der Waals surface area contributed by atoms with Crippen LogP contribution in [0.5, 0.6) is 0 Å². The number of rotatable bonds is 1. The molecule has 2 aromatic rings. The summed E-state index contributed by atoms with van der Waals surface area (Å²) >= 11 is 0. The molecule has 1 aliphatic rings. The number of carbonyl (C=O) groups excluding carboxylic acids is 1. The second-order valence-electron chi connectivity index (χ2n) is 5.16. The number of fused-ring (bicyclic) bond motifs is 1. The van der Waals surface area contributed by atoms with E-state index in [0.717, 1.165) is 36.2 Å². The van der Waals surface area contributed by atoms with Crippen LogP contribution in [0.2, 0.25) is 0 Å². The third-order valence-electron chi connectivity index (χ3n) is 3.71. The molecule has 1 aliphatic heterocycles. The lowest BCUT2D eigenvalue weighted by Gasteiger charge is -2.33. The van der Waals surface area contributed by atoms with Crippen LogP contribution in [0.15, 0.2) is 28.7 Å². The molecule has 0 aliphatic carbocycles. The fraction of sp³-hybridized carbons (Fsp3) is 0.400. The van der Waals surface area contributed by atoms with E-state index in [2.05, 4.69) is 12.2 Å². The van der Waals surface area contributed by atoms with Crippen LogP contribution in [0.1, 0.15) is 23.0 Å². The van der Waals surface area contributed by atoms with Gasteiger partial charge in [-0.05, 0) is 25.5 Å². The zero-order valence-electron chi connectivity index (χ0n) is 11.3. The largest absolute Gasteiger partial charge is 0.451 e. The second-order valence-corrected chi connectivity index (χ2v) is 5.16. The van der Waals surface area contributed by atoms with Gasteiger partial charge in [0.25, 0.3) is 5.91 Å². The van der Waals surface area contributed by atoms with Crippen LogP contribution in [-0.2, 0) is 0 Å². The van der Waals surface area contributed by atoms with Gasteiger partial charge in [-0.3, -0.25) is 4.79 Å². The summed E-state index contributed by atoms with van der Waals surface area (Å²) in [5.41, 5.74) is 1.87. The molecule has 1 aromatic heterocycles. The number of nitrogens with zero attached hydrogens (tertiary/aromatic N) is 1. The standard InChI is InChI=1S/C15H18N2O2/c1-10-4-3-5-12-8-13(19-14(10)12)15(18)17-7-6-16-9-11(17)2/h3-5,8,11,16H,6-7,9H2,1-2H3/t11-/m1/s1. The Balaban J connectivity index is 1.95. The zero-order valence-corrected chi connectivity index (χ0v) is 11.3. The Labute approximate surface area is 112 Å². The zero-order chi connectivity index (χ0) is 13.4. The van der Waals surface area contributed by atoms with Gasteiger partial charge in [0.1, 0.15) is 5.58 Å². The molecule has 4 heteroatoms. The number of benzene rings is 1. The average Bonchev–Trinajstić information content (AvgIpc) is 2.84. The van der Waals surface area contributed by atoms with Crippen LogP contribution in [0.25, 0.3) is 11.0 Å². The van der Waals surface area contributed by atoms with E-state index in [1.54, 1.807) is 0 Å². The third kappa shape index (κ3) is 2.12. The number of hydrogen-bond donors (Lipinski definition) is 1. The van der Waals surface area contributed by atoms with Gasteiger partial charge in [0.15, 0.2) is 5.76 Å². The summed E-state index contributed by atoms with van der Waals surface area (Å²) in [6.45, 7) is 6.46. The molecule has 1 atom stereocenters. The number of furan rings is 1. The van der Waals surface area contributed by atoms with Crippen molar-refractivity contribution >= 4 is 16.9 Å². The molecular weight excluding hydrogens is 240 g/mol. The topological polar surface area (TPSA) is 45.5 Å². The van der Waals surface area contributed by atoms with E-state index in [1.165, 1.54) is 0 Å². The number of aryl methyl sites for hydroxylation is 1. The van der Waals surface area contributed by atoms with Crippen molar-refractivity contribution in [2.24, 2.45) is 0 Å². The Hall–Kier alpha value is -1.81. The van der Waals surface area contributed by atoms with E-state index in [9.17, 15) is 4.79 Å². The lowest BCUT2D eigenvalue weighted by atomic mass is 10.1. The first-order valence-corrected chi connectivity index (χ1v) is 6.67. The Morgan fingerprint density at radius 3 is 3.05 bits per heavy atom. The van der Waals surface area contributed by atoms with Gasteiger partial charge in [0, 0.05) is 31.1 Å². The molecule has 100 valence electrons. The summed E-state index contributed by atoms with van der Waals surface area (Å²) in [5, 5.41) is 4.27. The highest BCUT2D eigenvalue weighted by molar-refractivity contribution is 5.96. The van der Waals surface area contributed by atoms with Crippen molar-refractivity contribution in [3.63, 3.8) is 0 Å². The van der Waals surface area contributed by atoms with E-state index < -0.39 is 0 Å². The van der Waals surface area contributed by atoms with Gasteiger partial charge in [-0.1, -0.05) is 18.2 Å². The van der Waals surface area contributed by atoms with Crippen molar-refractivity contribution in [2.75, 3.05) is 19.6 Å². The van der Waals surface area contributed by atoms with E-state index >= 15 is 0 Å². The second kappa shape index (κ2) is 4.70. The number of piperazine rings is 1. The Bertz CT molecular complexity index is 618. The molecule has 0 bridgehead atoms. The van der Waals surface area contributed by atoms with E-state index in [4.69, 9.17) is 4.42 Å². The normalized spacial score (nSPS) is 19.9. The molecular formula is C15H18N2O2. The van der Waals surface area contributed by atoms with Crippen LogP contribution < -0.4 is 5.32 Å². The van der Waals surface area contributed by atoms with Gasteiger partial charge in [0.05, 0.1) is 0 Å². The minimum Gasteiger partial charge on any atom is -0.451 e. The van der Waals surface area contributed by atoms with Crippen molar-refractivity contribution < 1.29 is 9.21 Å². The predicted molar refractivity (Wildman–Crippen MR) is 74.3 cm³/mol. The average molecular weight is 258 g/mol. The Morgan fingerprint density at radius 2 is 2.32 bits per heavy atom. The lowest BCUT2D eigenvalue weighted by molar-refractivity contribution is 0.0625. The van der Waals surface area contributed by atoms with Gasteiger partial charge in [-0.25, -0.2) is 0 Å². The van der Waals surface area contributed by atoms with Crippen LogP contribution >= 0.6 is 0 Å². The molecule has 1 fully saturated rings. The third-order valence-corrected chi connectivity index (χ3v) is 3.71. The maximum Gasteiger partial charge on any atom is 0.289 e. The van der Waals surface area contributed by atoms with E-state index in [1.807, 2.05) is 36.1 Å². The molecule has 3 rings (SSSR count). The molecule has 2 heterocycles. The maximum atomic E-state index is 12.5. The molecule has 0 spiro atoms. The summed E-state index contributed by atoms with van der Waals surface area (Å²) < 4.78 is 5.75. The van der Waals surface area contributed by atoms with Gasteiger partial charge in [-0.15, -0.1) is 0 Å². The molecule has 0 unspecified atom stereocenters. The van der Waals surface area contributed by atoms with Gasteiger partial charge >= 0.3 is 0 Å². The van der Waals surface area contributed by atoms with Crippen LogP contribution in [-0.4, -0.2) is 36.5 Å². The molecule has 1 saturated heterocycles. The van der Waals surface area contributed by atoms with Gasteiger partial charge in [-0.2, -0.15) is 0 Å².